The number of likely N-dealkylation sites (tertiary alicyclic amines) is 1. The van der Waals surface area contributed by atoms with Gasteiger partial charge in [-0.2, -0.15) is 0 Å². The zero-order valence-corrected chi connectivity index (χ0v) is 17.5. The zero-order valence-electron chi connectivity index (χ0n) is 17.5. The van der Waals surface area contributed by atoms with Crippen molar-refractivity contribution < 1.29 is 0 Å². The van der Waals surface area contributed by atoms with Crippen molar-refractivity contribution in [3.8, 4) is 0 Å². The molecule has 4 nitrogen and oxygen atoms in total. The fraction of sp³-hybridized carbons (Fsp3) is 0.400. The molecule has 3 aromatic rings. The van der Waals surface area contributed by atoms with Gasteiger partial charge in [0.25, 0.3) is 0 Å². The number of pyridine rings is 1. The summed E-state index contributed by atoms with van der Waals surface area (Å²) in [5, 5.41) is 0. The van der Waals surface area contributed by atoms with Crippen LogP contribution in [-0.2, 0) is 19.4 Å². The fourth-order valence-corrected chi connectivity index (χ4v) is 4.26. The summed E-state index contributed by atoms with van der Waals surface area (Å²) in [6.45, 7) is 7.31. The third kappa shape index (κ3) is 5.27. The van der Waals surface area contributed by atoms with E-state index in [1.54, 1.807) is 0 Å². The molecule has 1 saturated heterocycles. The van der Waals surface area contributed by atoms with Crippen molar-refractivity contribution in [2.24, 2.45) is 0 Å². The van der Waals surface area contributed by atoms with Crippen LogP contribution in [0.25, 0.3) is 0 Å². The lowest BCUT2D eigenvalue weighted by atomic mass is 9.92. The van der Waals surface area contributed by atoms with Crippen LogP contribution in [0, 0.1) is 6.92 Å². The Labute approximate surface area is 174 Å². The highest BCUT2D eigenvalue weighted by Gasteiger charge is 2.23. The quantitative estimate of drug-likeness (QED) is 0.615. The van der Waals surface area contributed by atoms with Crippen molar-refractivity contribution in [2.75, 3.05) is 13.1 Å². The second-order valence-corrected chi connectivity index (χ2v) is 8.14. The molecule has 0 saturated carbocycles. The van der Waals surface area contributed by atoms with Crippen molar-refractivity contribution in [3.63, 3.8) is 0 Å². The van der Waals surface area contributed by atoms with Crippen LogP contribution in [0.5, 0.6) is 0 Å². The van der Waals surface area contributed by atoms with Crippen molar-refractivity contribution in [3.05, 3.63) is 88.8 Å². The molecule has 0 amide bonds. The predicted octanol–water partition coefficient (Wildman–Crippen LogP) is 4.71. The molecule has 0 N–H and O–H groups in total. The zero-order chi connectivity index (χ0) is 20.1. The summed E-state index contributed by atoms with van der Waals surface area (Å²) >= 11 is 0. The third-order valence-electron chi connectivity index (χ3n) is 5.69. The SMILES string of the molecule is CCc1ncc(CN2CCC[C@@H](c3cc(Cc4ccccc4)cc(C)n3)C2)cn1. The van der Waals surface area contributed by atoms with Crippen molar-refractivity contribution in [2.45, 2.75) is 52.0 Å². The minimum absolute atomic E-state index is 0.494. The molecule has 29 heavy (non-hydrogen) atoms. The van der Waals surface area contributed by atoms with E-state index in [0.717, 1.165) is 44.0 Å². The lowest BCUT2D eigenvalue weighted by Gasteiger charge is -2.32. The van der Waals surface area contributed by atoms with Crippen LogP contribution < -0.4 is 0 Å². The maximum atomic E-state index is 4.91. The number of piperidine rings is 1. The van der Waals surface area contributed by atoms with E-state index in [9.17, 15) is 0 Å². The first kappa shape index (κ1) is 19.7. The monoisotopic (exact) mass is 386 g/mol. The Morgan fingerprint density at radius 2 is 1.79 bits per heavy atom. The van der Waals surface area contributed by atoms with Gasteiger partial charge in [0.2, 0.25) is 0 Å². The number of hydrogen-bond acceptors (Lipinski definition) is 4. The van der Waals surface area contributed by atoms with Crippen LogP contribution in [0.15, 0.2) is 54.9 Å². The van der Waals surface area contributed by atoms with Gasteiger partial charge in [0.15, 0.2) is 0 Å². The summed E-state index contributed by atoms with van der Waals surface area (Å²) in [5.74, 6) is 1.41. The Balaban J connectivity index is 1.45. The normalized spacial score (nSPS) is 17.4. The molecule has 0 aliphatic carbocycles. The molecule has 1 aromatic carbocycles. The van der Waals surface area contributed by atoms with Gasteiger partial charge < -0.3 is 0 Å². The molecule has 1 fully saturated rings. The van der Waals surface area contributed by atoms with E-state index in [0.29, 0.717) is 5.92 Å². The molecule has 0 unspecified atom stereocenters. The highest BCUT2D eigenvalue weighted by atomic mass is 15.1. The Hall–Kier alpha value is -2.59. The minimum Gasteiger partial charge on any atom is -0.298 e. The van der Waals surface area contributed by atoms with Crippen molar-refractivity contribution >= 4 is 0 Å². The van der Waals surface area contributed by atoms with Gasteiger partial charge in [-0.25, -0.2) is 9.97 Å². The van der Waals surface area contributed by atoms with Crippen LogP contribution >= 0.6 is 0 Å². The van der Waals surface area contributed by atoms with Gasteiger partial charge in [-0.15, -0.1) is 0 Å². The molecular weight excluding hydrogens is 356 g/mol. The summed E-state index contributed by atoms with van der Waals surface area (Å²) in [7, 11) is 0. The molecule has 0 spiro atoms. The summed E-state index contributed by atoms with van der Waals surface area (Å²) < 4.78 is 0. The van der Waals surface area contributed by atoms with E-state index in [1.165, 1.54) is 35.2 Å². The maximum absolute atomic E-state index is 4.91. The van der Waals surface area contributed by atoms with Gasteiger partial charge in [-0.3, -0.25) is 9.88 Å². The molecule has 1 aliphatic heterocycles. The molecule has 1 aliphatic rings. The number of rotatable bonds is 6. The molecule has 1 atom stereocenters. The Morgan fingerprint density at radius 3 is 2.55 bits per heavy atom. The van der Waals surface area contributed by atoms with Gasteiger partial charge >= 0.3 is 0 Å². The summed E-state index contributed by atoms with van der Waals surface area (Å²) in [6.07, 6.45) is 8.24. The summed E-state index contributed by atoms with van der Waals surface area (Å²) in [5.41, 5.74) is 6.28. The fourth-order valence-electron chi connectivity index (χ4n) is 4.26. The topological polar surface area (TPSA) is 41.9 Å². The highest BCUT2D eigenvalue weighted by molar-refractivity contribution is 5.30. The van der Waals surface area contributed by atoms with Gasteiger partial charge in [0, 0.05) is 54.8 Å². The molecule has 0 radical (unpaired) electrons. The smallest absolute Gasteiger partial charge is 0.127 e. The summed E-state index contributed by atoms with van der Waals surface area (Å²) in [4.78, 5) is 16.3. The Bertz CT molecular complexity index is 921. The average molecular weight is 387 g/mol. The van der Waals surface area contributed by atoms with Gasteiger partial charge in [-0.05, 0) is 56.0 Å². The van der Waals surface area contributed by atoms with E-state index in [1.807, 2.05) is 12.4 Å². The van der Waals surface area contributed by atoms with E-state index in [-0.39, 0.29) is 0 Å². The number of aryl methyl sites for hydroxylation is 2. The number of aromatic nitrogens is 3. The van der Waals surface area contributed by atoms with E-state index in [4.69, 9.17) is 4.98 Å². The van der Waals surface area contributed by atoms with E-state index < -0.39 is 0 Å². The molecular formula is C25H30N4. The van der Waals surface area contributed by atoms with Crippen molar-refractivity contribution in [1.82, 2.24) is 19.9 Å². The lowest BCUT2D eigenvalue weighted by molar-refractivity contribution is 0.198. The van der Waals surface area contributed by atoms with Crippen LogP contribution in [0.1, 0.15) is 59.6 Å². The molecule has 0 bridgehead atoms. The van der Waals surface area contributed by atoms with Crippen molar-refractivity contribution in [1.29, 1.82) is 0 Å². The Kier molecular flexibility index (Phi) is 6.30. The van der Waals surface area contributed by atoms with Crippen LogP contribution in [0.4, 0.5) is 0 Å². The third-order valence-corrected chi connectivity index (χ3v) is 5.69. The van der Waals surface area contributed by atoms with Crippen LogP contribution in [0.3, 0.4) is 0 Å². The molecule has 4 rings (SSSR count). The average Bonchev–Trinajstić information content (AvgIpc) is 2.75. The molecule has 150 valence electrons. The summed E-state index contributed by atoms with van der Waals surface area (Å²) in [6, 6.07) is 15.2. The van der Waals surface area contributed by atoms with E-state index in [2.05, 4.69) is 71.2 Å². The Morgan fingerprint density at radius 1 is 1.00 bits per heavy atom. The molecule has 4 heteroatoms. The van der Waals surface area contributed by atoms with E-state index >= 15 is 0 Å². The first-order valence-corrected chi connectivity index (χ1v) is 10.7. The van der Waals surface area contributed by atoms with Crippen LogP contribution in [-0.4, -0.2) is 32.9 Å². The standard InChI is InChI=1S/C25H30N4/c1-3-25-26-15-22(16-27-25)17-29-11-7-10-23(18-29)24-14-21(12-19(2)28-24)13-20-8-5-4-6-9-20/h4-6,8-9,12,14-16,23H,3,7,10-11,13,17-18H2,1-2H3/t23-/m1/s1. The highest BCUT2D eigenvalue weighted by Crippen LogP contribution is 2.28. The number of nitrogens with zero attached hydrogens (tertiary/aromatic N) is 4. The molecule has 2 aromatic heterocycles. The minimum atomic E-state index is 0.494. The van der Waals surface area contributed by atoms with Gasteiger partial charge in [-0.1, -0.05) is 37.3 Å². The number of benzene rings is 1. The maximum Gasteiger partial charge on any atom is 0.127 e. The molecule has 3 heterocycles. The first-order valence-electron chi connectivity index (χ1n) is 10.7. The second kappa shape index (κ2) is 9.27. The number of hydrogen-bond donors (Lipinski definition) is 0. The largest absolute Gasteiger partial charge is 0.298 e. The second-order valence-electron chi connectivity index (χ2n) is 8.14. The predicted molar refractivity (Wildman–Crippen MR) is 117 cm³/mol. The van der Waals surface area contributed by atoms with Gasteiger partial charge in [0.1, 0.15) is 5.82 Å². The van der Waals surface area contributed by atoms with Gasteiger partial charge in [0.05, 0.1) is 0 Å². The van der Waals surface area contributed by atoms with Crippen LogP contribution in [0.2, 0.25) is 0 Å². The first-order chi connectivity index (χ1) is 14.2. The lowest BCUT2D eigenvalue weighted by Crippen LogP contribution is -2.34.